The first-order chi connectivity index (χ1) is 11.1. The number of carbonyl (C=O) groups is 1. The van der Waals surface area contributed by atoms with E-state index in [4.69, 9.17) is 0 Å². The maximum Gasteiger partial charge on any atom is 0.228 e. The molecule has 0 spiro atoms. The third-order valence-electron chi connectivity index (χ3n) is 3.89. The van der Waals surface area contributed by atoms with Gasteiger partial charge in [-0.25, -0.2) is 4.98 Å². The number of amides is 1. The molecule has 3 aromatic rings. The van der Waals surface area contributed by atoms with Crippen LogP contribution in [0.4, 0.5) is 0 Å². The van der Waals surface area contributed by atoms with Gasteiger partial charge in [0.15, 0.2) is 0 Å². The van der Waals surface area contributed by atoms with Crippen LogP contribution in [0.25, 0.3) is 5.69 Å². The molecular formula is C18H19N3OS. The zero-order valence-electron chi connectivity index (χ0n) is 13.1. The number of aromatic nitrogens is 2. The summed E-state index contributed by atoms with van der Waals surface area (Å²) in [5.41, 5.74) is 2.11. The lowest BCUT2D eigenvalue weighted by Crippen LogP contribution is -2.30. The predicted octanol–water partition coefficient (Wildman–Crippen LogP) is 3.91. The summed E-state index contributed by atoms with van der Waals surface area (Å²) in [6.07, 6.45) is 5.42. The number of benzene rings is 1. The predicted molar refractivity (Wildman–Crippen MR) is 92.9 cm³/mol. The van der Waals surface area contributed by atoms with Crippen LogP contribution in [-0.2, 0) is 4.79 Å². The summed E-state index contributed by atoms with van der Waals surface area (Å²) in [4.78, 5) is 17.6. The first-order valence-electron chi connectivity index (χ1n) is 7.57. The van der Waals surface area contributed by atoms with Crippen molar-refractivity contribution >= 4 is 17.2 Å². The molecule has 0 aliphatic rings. The Balaban J connectivity index is 1.72. The van der Waals surface area contributed by atoms with Crippen molar-refractivity contribution in [3.63, 3.8) is 0 Å². The molecule has 1 aromatic carbocycles. The second-order valence-corrected chi connectivity index (χ2v) is 6.51. The second-order valence-electron chi connectivity index (χ2n) is 5.53. The Hall–Kier alpha value is -2.40. The van der Waals surface area contributed by atoms with Crippen molar-refractivity contribution in [2.45, 2.75) is 25.8 Å². The van der Waals surface area contributed by atoms with E-state index >= 15 is 0 Å². The standard InChI is InChI=1S/C18H19N3OS/c1-13(17-7-4-10-23-17)18(22)20-14(2)15-5-3-6-16(11-15)21-9-8-19-12-21/h3-14H,1-2H3,(H,20,22)/t13-,14-/m1/s1. The van der Waals surface area contributed by atoms with Crippen LogP contribution in [0.2, 0.25) is 0 Å². The Morgan fingerprint density at radius 3 is 2.83 bits per heavy atom. The fraction of sp³-hybridized carbons (Fsp3) is 0.222. The number of hydrogen-bond acceptors (Lipinski definition) is 3. The molecule has 0 unspecified atom stereocenters. The molecule has 2 aromatic heterocycles. The summed E-state index contributed by atoms with van der Waals surface area (Å²) in [5, 5.41) is 5.10. The molecule has 0 fully saturated rings. The highest BCUT2D eigenvalue weighted by Gasteiger charge is 2.18. The zero-order valence-corrected chi connectivity index (χ0v) is 14.0. The van der Waals surface area contributed by atoms with Crippen molar-refractivity contribution in [1.29, 1.82) is 0 Å². The van der Waals surface area contributed by atoms with E-state index in [0.29, 0.717) is 0 Å². The van der Waals surface area contributed by atoms with Gasteiger partial charge in [0.1, 0.15) is 0 Å². The summed E-state index contributed by atoms with van der Waals surface area (Å²) in [6, 6.07) is 12.0. The fourth-order valence-corrected chi connectivity index (χ4v) is 3.24. The number of hydrogen-bond donors (Lipinski definition) is 1. The average molecular weight is 325 g/mol. The van der Waals surface area contributed by atoms with E-state index in [1.54, 1.807) is 23.9 Å². The minimum Gasteiger partial charge on any atom is -0.349 e. The largest absolute Gasteiger partial charge is 0.349 e. The highest BCUT2D eigenvalue weighted by molar-refractivity contribution is 7.10. The normalized spacial score (nSPS) is 13.5. The van der Waals surface area contributed by atoms with Crippen LogP contribution < -0.4 is 5.32 Å². The van der Waals surface area contributed by atoms with Gasteiger partial charge in [-0.3, -0.25) is 4.79 Å². The summed E-state index contributed by atoms with van der Waals surface area (Å²) in [7, 11) is 0. The van der Waals surface area contributed by atoms with Crippen molar-refractivity contribution < 1.29 is 4.79 Å². The van der Waals surface area contributed by atoms with Gasteiger partial charge >= 0.3 is 0 Å². The zero-order chi connectivity index (χ0) is 16.2. The SMILES string of the molecule is C[C@@H](NC(=O)[C@H](C)c1cccs1)c1cccc(-n2ccnc2)c1. The van der Waals surface area contributed by atoms with Gasteiger partial charge in [-0.2, -0.15) is 0 Å². The number of carbonyl (C=O) groups excluding carboxylic acids is 1. The van der Waals surface area contributed by atoms with E-state index in [2.05, 4.69) is 16.4 Å². The molecule has 0 aliphatic heterocycles. The van der Waals surface area contributed by atoms with Crippen LogP contribution in [-0.4, -0.2) is 15.5 Å². The highest BCUT2D eigenvalue weighted by Crippen LogP contribution is 2.23. The molecule has 0 saturated heterocycles. The van der Waals surface area contributed by atoms with Gasteiger partial charge in [0.2, 0.25) is 5.91 Å². The summed E-state index contributed by atoms with van der Waals surface area (Å²) in [5.74, 6) is -0.0812. The van der Waals surface area contributed by atoms with Crippen molar-refractivity contribution in [1.82, 2.24) is 14.9 Å². The molecule has 1 amide bonds. The molecule has 3 rings (SSSR count). The molecule has 0 saturated carbocycles. The Bertz CT molecular complexity index is 765. The highest BCUT2D eigenvalue weighted by atomic mass is 32.1. The molecule has 118 valence electrons. The monoisotopic (exact) mass is 325 g/mol. The Morgan fingerprint density at radius 1 is 1.26 bits per heavy atom. The van der Waals surface area contributed by atoms with Crippen LogP contribution in [0.15, 0.2) is 60.5 Å². The quantitative estimate of drug-likeness (QED) is 0.773. The van der Waals surface area contributed by atoms with Crippen LogP contribution >= 0.6 is 11.3 Å². The maximum absolute atomic E-state index is 12.4. The molecule has 2 heterocycles. The van der Waals surface area contributed by atoms with E-state index in [9.17, 15) is 4.79 Å². The van der Waals surface area contributed by atoms with Gasteiger partial charge in [-0.05, 0) is 43.0 Å². The summed E-state index contributed by atoms with van der Waals surface area (Å²) in [6.45, 7) is 3.95. The van der Waals surface area contributed by atoms with Gasteiger partial charge in [-0.15, -0.1) is 11.3 Å². The van der Waals surface area contributed by atoms with Crippen molar-refractivity contribution in [3.8, 4) is 5.69 Å². The lowest BCUT2D eigenvalue weighted by atomic mass is 10.1. The van der Waals surface area contributed by atoms with E-state index in [1.807, 2.05) is 60.3 Å². The van der Waals surface area contributed by atoms with E-state index < -0.39 is 0 Å². The molecule has 23 heavy (non-hydrogen) atoms. The van der Waals surface area contributed by atoms with Crippen molar-refractivity contribution in [3.05, 3.63) is 70.9 Å². The lowest BCUT2D eigenvalue weighted by molar-refractivity contribution is -0.122. The van der Waals surface area contributed by atoms with Gasteiger partial charge in [-0.1, -0.05) is 18.2 Å². The average Bonchev–Trinajstić information content (AvgIpc) is 3.27. The van der Waals surface area contributed by atoms with Crippen LogP contribution in [0.5, 0.6) is 0 Å². The Morgan fingerprint density at radius 2 is 2.13 bits per heavy atom. The molecule has 4 nitrogen and oxygen atoms in total. The molecule has 5 heteroatoms. The first-order valence-corrected chi connectivity index (χ1v) is 8.45. The summed E-state index contributed by atoms with van der Waals surface area (Å²) < 4.78 is 1.95. The first kappa shape index (κ1) is 15.5. The molecule has 0 aliphatic carbocycles. The fourth-order valence-electron chi connectivity index (χ4n) is 2.46. The smallest absolute Gasteiger partial charge is 0.228 e. The third-order valence-corrected chi connectivity index (χ3v) is 4.95. The van der Waals surface area contributed by atoms with Crippen LogP contribution in [0.3, 0.4) is 0 Å². The number of imidazole rings is 1. The maximum atomic E-state index is 12.4. The second kappa shape index (κ2) is 6.79. The number of rotatable bonds is 5. The van der Waals surface area contributed by atoms with Gasteiger partial charge in [0, 0.05) is 23.0 Å². The molecule has 1 N–H and O–H groups in total. The summed E-state index contributed by atoms with van der Waals surface area (Å²) >= 11 is 1.61. The molecule has 0 radical (unpaired) electrons. The van der Waals surface area contributed by atoms with E-state index in [0.717, 1.165) is 16.1 Å². The van der Waals surface area contributed by atoms with Gasteiger partial charge in [0.25, 0.3) is 0 Å². The van der Waals surface area contributed by atoms with Crippen molar-refractivity contribution in [2.75, 3.05) is 0 Å². The minimum atomic E-state index is -0.130. The molecule has 0 bridgehead atoms. The van der Waals surface area contributed by atoms with Gasteiger partial charge < -0.3 is 9.88 Å². The Labute approximate surface area is 139 Å². The van der Waals surface area contributed by atoms with E-state index in [-0.39, 0.29) is 17.9 Å². The van der Waals surface area contributed by atoms with E-state index in [1.165, 1.54) is 0 Å². The molecule has 2 atom stereocenters. The molecular weight excluding hydrogens is 306 g/mol. The number of nitrogens with one attached hydrogen (secondary N) is 1. The number of nitrogens with zero attached hydrogens (tertiary/aromatic N) is 2. The van der Waals surface area contributed by atoms with Crippen LogP contribution in [0, 0.1) is 0 Å². The third kappa shape index (κ3) is 3.51. The minimum absolute atomic E-state index is 0.0478. The Kier molecular flexibility index (Phi) is 4.57. The number of thiophene rings is 1. The van der Waals surface area contributed by atoms with Gasteiger partial charge in [0.05, 0.1) is 18.3 Å². The topological polar surface area (TPSA) is 46.9 Å². The lowest BCUT2D eigenvalue weighted by Gasteiger charge is -2.18. The van der Waals surface area contributed by atoms with Crippen molar-refractivity contribution in [2.24, 2.45) is 0 Å². The van der Waals surface area contributed by atoms with Crippen LogP contribution in [0.1, 0.15) is 36.2 Å².